The number of carbonyl (C=O) groups is 1. The van der Waals surface area contributed by atoms with Crippen LogP contribution in [-0.4, -0.2) is 21.0 Å². The first-order valence-electron chi connectivity index (χ1n) is 4.93. The zero-order valence-corrected chi connectivity index (χ0v) is 9.55. The molecule has 2 aromatic heterocycles. The number of hydrogen-bond acceptors (Lipinski definition) is 3. The summed E-state index contributed by atoms with van der Waals surface area (Å²) in [5.41, 5.74) is 2.04. The van der Waals surface area contributed by atoms with Gasteiger partial charge in [-0.3, -0.25) is 14.8 Å². The van der Waals surface area contributed by atoms with Crippen molar-refractivity contribution in [2.75, 3.05) is 0 Å². The van der Waals surface area contributed by atoms with E-state index in [9.17, 15) is 4.79 Å². The summed E-state index contributed by atoms with van der Waals surface area (Å²) >= 11 is 5.89. The second-order valence-corrected chi connectivity index (χ2v) is 3.88. The highest BCUT2D eigenvalue weighted by atomic mass is 35.5. The van der Waals surface area contributed by atoms with Crippen LogP contribution in [-0.2, 0) is 11.2 Å². The van der Waals surface area contributed by atoms with Gasteiger partial charge in [0.25, 0.3) is 0 Å². The van der Waals surface area contributed by atoms with Gasteiger partial charge in [0, 0.05) is 24.2 Å². The average Bonchev–Trinajstić information content (AvgIpc) is 2.32. The molecule has 0 atom stereocenters. The van der Waals surface area contributed by atoms with Crippen LogP contribution in [0.1, 0.15) is 5.56 Å². The Morgan fingerprint density at radius 3 is 2.88 bits per heavy atom. The van der Waals surface area contributed by atoms with E-state index in [4.69, 9.17) is 16.7 Å². The van der Waals surface area contributed by atoms with Crippen LogP contribution in [0.2, 0.25) is 5.02 Å². The van der Waals surface area contributed by atoms with Crippen molar-refractivity contribution in [3.05, 3.63) is 47.4 Å². The van der Waals surface area contributed by atoms with Crippen LogP contribution >= 0.6 is 11.6 Å². The molecular weight excluding hydrogens is 240 g/mol. The average molecular weight is 249 g/mol. The zero-order valence-electron chi connectivity index (χ0n) is 8.80. The molecule has 0 unspecified atom stereocenters. The lowest BCUT2D eigenvalue weighted by Crippen LogP contribution is -2.01. The second kappa shape index (κ2) is 4.93. The second-order valence-electron chi connectivity index (χ2n) is 3.47. The molecule has 4 nitrogen and oxygen atoms in total. The van der Waals surface area contributed by atoms with Gasteiger partial charge in [-0.2, -0.15) is 0 Å². The van der Waals surface area contributed by atoms with E-state index in [2.05, 4.69) is 9.97 Å². The fraction of sp³-hybridized carbons (Fsp3) is 0.0833. The molecule has 0 amide bonds. The first-order valence-corrected chi connectivity index (χ1v) is 5.31. The lowest BCUT2D eigenvalue weighted by atomic mass is 10.1. The van der Waals surface area contributed by atoms with Crippen molar-refractivity contribution in [1.82, 2.24) is 9.97 Å². The molecule has 5 heteroatoms. The molecule has 0 bridgehead atoms. The van der Waals surface area contributed by atoms with Crippen LogP contribution in [0.25, 0.3) is 11.3 Å². The minimum atomic E-state index is -0.921. The van der Waals surface area contributed by atoms with E-state index in [-0.39, 0.29) is 6.42 Å². The highest BCUT2D eigenvalue weighted by Gasteiger charge is 2.08. The molecule has 0 aliphatic heterocycles. The molecule has 0 radical (unpaired) electrons. The molecule has 2 aromatic rings. The van der Waals surface area contributed by atoms with E-state index in [0.717, 1.165) is 5.56 Å². The number of nitrogens with zero attached hydrogens (tertiary/aromatic N) is 2. The molecule has 2 heterocycles. The fourth-order valence-corrected chi connectivity index (χ4v) is 1.62. The summed E-state index contributed by atoms with van der Waals surface area (Å²) in [6, 6.07) is 5.32. The minimum absolute atomic E-state index is 0.116. The Morgan fingerprint density at radius 2 is 2.24 bits per heavy atom. The highest BCUT2D eigenvalue weighted by molar-refractivity contribution is 6.31. The number of carboxylic acid groups (broad SMARTS) is 1. The molecular formula is C12H9ClN2O2. The Hall–Kier alpha value is -1.94. The summed E-state index contributed by atoms with van der Waals surface area (Å²) in [7, 11) is 0. The van der Waals surface area contributed by atoms with Crippen molar-refractivity contribution in [2.24, 2.45) is 0 Å². The smallest absolute Gasteiger partial charge is 0.307 e. The van der Waals surface area contributed by atoms with Crippen molar-refractivity contribution in [3.8, 4) is 11.3 Å². The standard InChI is InChI=1S/C12H9ClN2O2/c13-10-7-15-11(4-9(10)5-12(16)17)8-2-1-3-14-6-8/h1-4,6-7H,5H2,(H,16,17). The Labute approximate surface area is 103 Å². The van der Waals surface area contributed by atoms with Crippen molar-refractivity contribution in [2.45, 2.75) is 6.42 Å². The van der Waals surface area contributed by atoms with Crippen LogP contribution in [0, 0.1) is 0 Å². The van der Waals surface area contributed by atoms with Crippen molar-refractivity contribution >= 4 is 17.6 Å². The maximum Gasteiger partial charge on any atom is 0.307 e. The van der Waals surface area contributed by atoms with Gasteiger partial charge in [-0.15, -0.1) is 0 Å². The number of halogens is 1. The van der Waals surface area contributed by atoms with Gasteiger partial charge in [0.1, 0.15) is 0 Å². The van der Waals surface area contributed by atoms with Gasteiger partial charge in [0.05, 0.1) is 17.1 Å². The lowest BCUT2D eigenvalue weighted by molar-refractivity contribution is -0.136. The van der Waals surface area contributed by atoms with Gasteiger partial charge in [0.15, 0.2) is 0 Å². The van der Waals surface area contributed by atoms with Gasteiger partial charge in [-0.1, -0.05) is 11.6 Å². The summed E-state index contributed by atoms with van der Waals surface area (Å²) in [4.78, 5) is 18.8. The first kappa shape index (κ1) is 11.5. The number of aliphatic carboxylic acids is 1. The van der Waals surface area contributed by atoms with Crippen LogP contribution in [0.15, 0.2) is 36.8 Å². The van der Waals surface area contributed by atoms with Crippen molar-refractivity contribution in [1.29, 1.82) is 0 Å². The quantitative estimate of drug-likeness (QED) is 0.906. The van der Waals surface area contributed by atoms with E-state index in [1.165, 1.54) is 6.20 Å². The SMILES string of the molecule is O=C(O)Cc1cc(-c2cccnc2)ncc1Cl. The van der Waals surface area contributed by atoms with Crippen LogP contribution in [0.3, 0.4) is 0 Å². The molecule has 0 aromatic carbocycles. The van der Waals surface area contributed by atoms with Crippen LogP contribution < -0.4 is 0 Å². The number of hydrogen-bond donors (Lipinski definition) is 1. The molecule has 0 saturated heterocycles. The van der Waals surface area contributed by atoms with E-state index in [1.54, 1.807) is 24.5 Å². The van der Waals surface area contributed by atoms with Crippen LogP contribution in [0.4, 0.5) is 0 Å². The van der Waals surface area contributed by atoms with Crippen LogP contribution in [0.5, 0.6) is 0 Å². The van der Waals surface area contributed by atoms with Crippen molar-refractivity contribution in [3.63, 3.8) is 0 Å². The number of pyridine rings is 2. The lowest BCUT2D eigenvalue weighted by Gasteiger charge is -2.04. The summed E-state index contributed by atoms with van der Waals surface area (Å²) in [6.07, 6.45) is 4.68. The fourth-order valence-electron chi connectivity index (χ4n) is 1.45. The predicted molar refractivity (Wildman–Crippen MR) is 63.8 cm³/mol. The van der Waals surface area contributed by atoms with Gasteiger partial charge >= 0.3 is 5.97 Å². The Kier molecular flexibility index (Phi) is 3.35. The summed E-state index contributed by atoms with van der Waals surface area (Å²) in [6.45, 7) is 0. The molecule has 86 valence electrons. The molecule has 0 aliphatic rings. The molecule has 0 saturated carbocycles. The van der Waals surface area contributed by atoms with E-state index < -0.39 is 5.97 Å². The molecule has 2 rings (SSSR count). The number of rotatable bonds is 3. The van der Waals surface area contributed by atoms with Gasteiger partial charge in [-0.25, -0.2) is 0 Å². The minimum Gasteiger partial charge on any atom is -0.481 e. The normalized spacial score (nSPS) is 10.2. The maximum absolute atomic E-state index is 10.7. The summed E-state index contributed by atoms with van der Waals surface area (Å²) < 4.78 is 0. The molecule has 0 spiro atoms. The molecule has 0 aliphatic carbocycles. The number of aromatic nitrogens is 2. The Morgan fingerprint density at radius 1 is 1.41 bits per heavy atom. The topological polar surface area (TPSA) is 63.1 Å². The molecule has 1 N–H and O–H groups in total. The molecule has 0 fully saturated rings. The zero-order chi connectivity index (χ0) is 12.3. The number of carboxylic acids is 1. The van der Waals surface area contributed by atoms with Gasteiger partial charge < -0.3 is 5.11 Å². The summed E-state index contributed by atoms with van der Waals surface area (Å²) in [5, 5.41) is 9.12. The highest BCUT2D eigenvalue weighted by Crippen LogP contribution is 2.22. The summed E-state index contributed by atoms with van der Waals surface area (Å²) in [5.74, 6) is -0.921. The maximum atomic E-state index is 10.7. The third kappa shape index (κ3) is 2.79. The molecule has 17 heavy (non-hydrogen) atoms. The monoisotopic (exact) mass is 248 g/mol. The third-order valence-electron chi connectivity index (χ3n) is 2.23. The van der Waals surface area contributed by atoms with E-state index >= 15 is 0 Å². The van der Waals surface area contributed by atoms with E-state index in [0.29, 0.717) is 16.3 Å². The van der Waals surface area contributed by atoms with E-state index in [1.807, 2.05) is 6.07 Å². The Balaban J connectivity index is 2.41. The van der Waals surface area contributed by atoms with Gasteiger partial charge in [0.2, 0.25) is 0 Å². The predicted octanol–water partition coefficient (Wildman–Crippen LogP) is 2.42. The largest absolute Gasteiger partial charge is 0.481 e. The third-order valence-corrected chi connectivity index (χ3v) is 2.57. The Bertz CT molecular complexity index is 543. The van der Waals surface area contributed by atoms with Gasteiger partial charge in [-0.05, 0) is 23.8 Å². The van der Waals surface area contributed by atoms with Crippen molar-refractivity contribution < 1.29 is 9.90 Å². The first-order chi connectivity index (χ1) is 8.16.